The maximum atomic E-state index is 11.7. The van der Waals surface area contributed by atoms with E-state index in [0.29, 0.717) is 22.4 Å². The van der Waals surface area contributed by atoms with Crippen LogP contribution in [0, 0.1) is 5.41 Å². The SMILES string of the molecule is CCC(=O)c1sc(NCC2(CC)CCC2)cc1N. The smallest absolute Gasteiger partial charge is 0.174 e. The van der Waals surface area contributed by atoms with Crippen LogP contribution in [-0.4, -0.2) is 12.3 Å². The third-order valence-electron chi connectivity index (χ3n) is 4.14. The standard InChI is InChI=1S/C14H22N2OS/c1-3-11(17)13-10(15)8-12(18-13)16-9-14(4-2)6-5-7-14/h8,16H,3-7,9,15H2,1-2H3. The number of rotatable bonds is 6. The molecule has 1 saturated carbocycles. The first kappa shape index (κ1) is 13.4. The van der Waals surface area contributed by atoms with Crippen LogP contribution >= 0.6 is 11.3 Å². The Bertz CT molecular complexity index is 429. The number of carbonyl (C=O) groups excluding carboxylic acids is 1. The Kier molecular flexibility index (Phi) is 3.95. The molecule has 1 aliphatic rings. The lowest BCUT2D eigenvalue weighted by Gasteiger charge is -2.41. The van der Waals surface area contributed by atoms with Gasteiger partial charge in [-0.2, -0.15) is 0 Å². The number of hydrogen-bond donors (Lipinski definition) is 2. The highest BCUT2D eigenvalue weighted by molar-refractivity contribution is 7.18. The van der Waals surface area contributed by atoms with E-state index in [1.807, 2.05) is 13.0 Å². The Hall–Kier alpha value is -1.03. The van der Waals surface area contributed by atoms with Crippen molar-refractivity contribution in [1.82, 2.24) is 0 Å². The summed E-state index contributed by atoms with van der Waals surface area (Å²) in [6.45, 7) is 5.13. The van der Waals surface area contributed by atoms with Gasteiger partial charge in [0, 0.05) is 13.0 Å². The monoisotopic (exact) mass is 266 g/mol. The first-order valence-corrected chi connectivity index (χ1v) is 7.58. The van der Waals surface area contributed by atoms with E-state index in [0.717, 1.165) is 11.5 Å². The van der Waals surface area contributed by atoms with Gasteiger partial charge in [-0.05, 0) is 30.7 Å². The number of anilines is 2. The van der Waals surface area contributed by atoms with Crippen LogP contribution in [0.3, 0.4) is 0 Å². The molecule has 1 heterocycles. The molecule has 0 spiro atoms. The van der Waals surface area contributed by atoms with Gasteiger partial charge in [0.15, 0.2) is 5.78 Å². The Labute approximate surface area is 113 Å². The van der Waals surface area contributed by atoms with E-state index in [2.05, 4.69) is 12.2 Å². The van der Waals surface area contributed by atoms with Crippen LogP contribution in [0.4, 0.5) is 10.7 Å². The number of hydrogen-bond acceptors (Lipinski definition) is 4. The molecule has 0 aromatic carbocycles. The fourth-order valence-electron chi connectivity index (χ4n) is 2.48. The summed E-state index contributed by atoms with van der Waals surface area (Å²) in [5.41, 5.74) is 6.98. The number of nitrogens with one attached hydrogen (secondary N) is 1. The highest BCUT2D eigenvalue weighted by Gasteiger charge is 2.34. The molecule has 0 amide bonds. The van der Waals surface area contributed by atoms with Gasteiger partial charge >= 0.3 is 0 Å². The lowest BCUT2D eigenvalue weighted by Crippen LogP contribution is -2.35. The number of ketones is 1. The van der Waals surface area contributed by atoms with Crippen molar-refractivity contribution < 1.29 is 4.79 Å². The average molecular weight is 266 g/mol. The van der Waals surface area contributed by atoms with Crippen LogP contribution in [0.5, 0.6) is 0 Å². The lowest BCUT2D eigenvalue weighted by molar-refractivity contribution is 0.0993. The zero-order valence-electron chi connectivity index (χ0n) is 11.2. The molecule has 1 aromatic rings. The number of Topliss-reactive ketones (excluding diaryl/α,β-unsaturated/α-hetero) is 1. The van der Waals surface area contributed by atoms with Crippen molar-refractivity contribution in [1.29, 1.82) is 0 Å². The Morgan fingerprint density at radius 1 is 1.50 bits per heavy atom. The Morgan fingerprint density at radius 2 is 2.22 bits per heavy atom. The van der Waals surface area contributed by atoms with Crippen LogP contribution in [0.2, 0.25) is 0 Å². The van der Waals surface area contributed by atoms with Crippen molar-refractivity contribution >= 4 is 27.8 Å². The second kappa shape index (κ2) is 5.31. The number of nitrogen functional groups attached to an aromatic ring is 1. The van der Waals surface area contributed by atoms with Gasteiger partial charge in [-0.3, -0.25) is 4.79 Å². The first-order chi connectivity index (χ1) is 8.60. The predicted molar refractivity (Wildman–Crippen MR) is 78.4 cm³/mol. The van der Waals surface area contributed by atoms with Crippen LogP contribution in [-0.2, 0) is 0 Å². The van der Waals surface area contributed by atoms with E-state index >= 15 is 0 Å². The van der Waals surface area contributed by atoms with E-state index in [-0.39, 0.29) is 5.78 Å². The molecule has 100 valence electrons. The zero-order valence-corrected chi connectivity index (χ0v) is 12.0. The van der Waals surface area contributed by atoms with E-state index in [4.69, 9.17) is 5.73 Å². The summed E-state index contributed by atoms with van der Waals surface area (Å²) in [5, 5.41) is 4.50. The van der Waals surface area contributed by atoms with Crippen LogP contribution in [0.1, 0.15) is 55.6 Å². The molecule has 0 atom stereocenters. The van der Waals surface area contributed by atoms with Crippen LogP contribution in [0.15, 0.2) is 6.07 Å². The van der Waals surface area contributed by atoms with Gasteiger partial charge in [0.2, 0.25) is 0 Å². The highest BCUT2D eigenvalue weighted by Crippen LogP contribution is 2.44. The molecule has 1 fully saturated rings. The number of carbonyl (C=O) groups is 1. The van der Waals surface area contributed by atoms with Gasteiger partial charge in [0.1, 0.15) is 0 Å². The molecule has 4 heteroatoms. The van der Waals surface area contributed by atoms with Gasteiger partial charge in [-0.25, -0.2) is 0 Å². The highest BCUT2D eigenvalue weighted by atomic mass is 32.1. The third-order valence-corrected chi connectivity index (χ3v) is 5.29. The molecule has 0 unspecified atom stereocenters. The molecule has 0 radical (unpaired) electrons. The minimum absolute atomic E-state index is 0.138. The number of nitrogens with two attached hydrogens (primary N) is 1. The van der Waals surface area contributed by atoms with Crippen molar-refractivity contribution in [2.75, 3.05) is 17.6 Å². The Morgan fingerprint density at radius 3 is 2.72 bits per heavy atom. The largest absolute Gasteiger partial charge is 0.397 e. The summed E-state index contributed by atoms with van der Waals surface area (Å²) in [5.74, 6) is 0.138. The summed E-state index contributed by atoms with van der Waals surface area (Å²) in [4.78, 5) is 12.4. The second-order valence-electron chi connectivity index (χ2n) is 5.23. The van der Waals surface area contributed by atoms with E-state index in [9.17, 15) is 4.79 Å². The molecule has 0 saturated heterocycles. The van der Waals surface area contributed by atoms with E-state index in [1.165, 1.54) is 37.0 Å². The molecular weight excluding hydrogens is 244 g/mol. The van der Waals surface area contributed by atoms with Gasteiger partial charge in [-0.1, -0.05) is 20.3 Å². The van der Waals surface area contributed by atoms with E-state index in [1.54, 1.807) is 0 Å². The number of thiophene rings is 1. The summed E-state index contributed by atoms with van der Waals surface area (Å²) < 4.78 is 0. The molecule has 0 aliphatic heterocycles. The van der Waals surface area contributed by atoms with Gasteiger partial charge in [0.25, 0.3) is 0 Å². The zero-order chi connectivity index (χ0) is 13.2. The second-order valence-corrected chi connectivity index (χ2v) is 6.28. The Balaban J connectivity index is 2.00. The minimum Gasteiger partial charge on any atom is -0.397 e. The summed E-state index contributed by atoms with van der Waals surface area (Å²) in [7, 11) is 0. The van der Waals surface area contributed by atoms with Gasteiger partial charge in [0.05, 0.1) is 15.6 Å². The molecule has 3 N–H and O–H groups in total. The molecule has 1 aliphatic carbocycles. The molecule has 2 rings (SSSR count). The van der Waals surface area contributed by atoms with Crippen molar-refractivity contribution in [2.45, 2.75) is 46.0 Å². The van der Waals surface area contributed by atoms with Gasteiger partial charge < -0.3 is 11.1 Å². The first-order valence-electron chi connectivity index (χ1n) is 6.76. The fourth-order valence-corrected chi connectivity index (χ4v) is 3.46. The molecule has 18 heavy (non-hydrogen) atoms. The van der Waals surface area contributed by atoms with Crippen molar-refractivity contribution in [2.24, 2.45) is 5.41 Å². The molecule has 1 aromatic heterocycles. The maximum absolute atomic E-state index is 11.7. The predicted octanol–water partition coefficient (Wildman–Crippen LogP) is 3.92. The lowest BCUT2D eigenvalue weighted by atomic mass is 9.67. The fraction of sp³-hybridized carbons (Fsp3) is 0.643. The van der Waals surface area contributed by atoms with Crippen LogP contribution in [0.25, 0.3) is 0 Å². The van der Waals surface area contributed by atoms with Crippen molar-refractivity contribution in [3.63, 3.8) is 0 Å². The molecule has 0 bridgehead atoms. The normalized spacial score (nSPS) is 17.2. The summed E-state index contributed by atoms with van der Waals surface area (Å²) >= 11 is 1.49. The van der Waals surface area contributed by atoms with Crippen molar-refractivity contribution in [3.8, 4) is 0 Å². The van der Waals surface area contributed by atoms with Crippen LogP contribution < -0.4 is 11.1 Å². The van der Waals surface area contributed by atoms with Gasteiger partial charge in [-0.15, -0.1) is 11.3 Å². The van der Waals surface area contributed by atoms with Crippen molar-refractivity contribution in [3.05, 3.63) is 10.9 Å². The maximum Gasteiger partial charge on any atom is 0.174 e. The molecular formula is C14H22N2OS. The van der Waals surface area contributed by atoms with E-state index < -0.39 is 0 Å². The quantitative estimate of drug-likeness (QED) is 0.767. The minimum atomic E-state index is 0.138. The molecule has 3 nitrogen and oxygen atoms in total. The summed E-state index contributed by atoms with van der Waals surface area (Å²) in [6, 6.07) is 1.90. The topological polar surface area (TPSA) is 55.1 Å². The average Bonchev–Trinajstić information content (AvgIpc) is 2.69. The third kappa shape index (κ3) is 2.53. The summed E-state index contributed by atoms with van der Waals surface area (Å²) in [6.07, 6.45) is 5.72.